The van der Waals surface area contributed by atoms with Gasteiger partial charge in [-0.05, 0) is 0 Å². The molecular weight excluding hydrogens is 184 g/mol. The van der Waals surface area contributed by atoms with E-state index >= 15 is 0 Å². The molecule has 0 aromatic heterocycles. The summed E-state index contributed by atoms with van der Waals surface area (Å²) in [7, 11) is -0.927. The van der Waals surface area contributed by atoms with E-state index < -0.39 is 14.2 Å². The maximum atomic E-state index is 8.56. The predicted octanol–water partition coefficient (Wildman–Crippen LogP) is 3.44. The standard InChI is InChI=1S/C8H18Si.CH2O3/c1-5-9(6-2,7-3)8-4;2-1(3)4/h5H,1,6-8H2,2-4H3;(H2,2,3,4). The van der Waals surface area contributed by atoms with E-state index in [9.17, 15) is 0 Å². The Labute approximate surface area is 81.1 Å². The van der Waals surface area contributed by atoms with Gasteiger partial charge in [0.1, 0.15) is 0 Å². The largest absolute Gasteiger partial charge is 0.503 e. The number of hydrogen-bond donors (Lipinski definition) is 2. The minimum atomic E-state index is -1.83. The molecule has 0 aliphatic heterocycles. The molecule has 0 aromatic carbocycles. The van der Waals surface area contributed by atoms with Crippen LogP contribution < -0.4 is 0 Å². The van der Waals surface area contributed by atoms with Crippen LogP contribution in [0.15, 0.2) is 12.3 Å². The van der Waals surface area contributed by atoms with Crippen molar-refractivity contribution in [2.45, 2.75) is 38.9 Å². The Morgan fingerprint density at radius 3 is 1.46 bits per heavy atom. The monoisotopic (exact) mass is 204 g/mol. The van der Waals surface area contributed by atoms with Crippen LogP contribution in [0, 0.1) is 0 Å². The van der Waals surface area contributed by atoms with E-state index in [1.807, 2.05) is 0 Å². The van der Waals surface area contributed by atoms with Crippen LogP contribution in [-0.4, -0.2) is 24.4 Å². The van der Waals surface area contributed by atoms with Gasteiger partial charge in [-0.25, -0.2) is 4.79 Å². The van der Waals surface area contributed by atoms with Crippen molar-refractivity contribution in [2.24, 2.45) is 0 Å². The summed E-state index contributed by atoms with van der Waals surface area (Å²) in [5.74, 6) is 0. The smallest absolute Gasteiger partial charge is 0.450 e. The quantitative estimate of drug-likeness (QED) is 0.690. The summed E-state index contributed by atoms with van der Waals surface area (Å²) >= 11 is 0. The van der Waals surface area contributed by atoms with Crippen LogP contribution in [0.3, 0.4) is 0 Å². The topological polar surface area (TPSA) is 57.5 Å². The van der Waals surface area contributed by atoms with Gasteiger partial charge >= 0.3 is 6.16 Å². The molecule has 13 heavy (non-hydrogen) atoms. The summed E-state index contributed by atoms with van der Waals surface area (Å²) in [5, 5.41) is 13.9. The van der Waals surface area contributed by atoms with Crippen LogP contribution in [0.2, 0.25) is 18.1 Å². The maximum Gasteiger partial charge on any atom is 0.503 e. The van der Waals surface area contributed by atoms with Crippen molar-refractivity contribution >= 4 is 14.2 Å². The molecule has 2 N–H and O–H groups in total. The minimum absolute atomic E-state index is 0.927. The number of carboxylic acid groups (broad SMARTS) is 2. The molecule has 0 aliphatic carbocycles. The van der Waals surface area contributed by atoms with Gasteiger partial charge in [-0.3, -0.25) is 0 Å². The third-order valence-electron chi connectivity index (χ3n) is 2.55. The lowest BCUT2D eigenvalue weighted by Gasteiger charge is -2.22. The second kappa shape index (κ2) is 7.85. The molecule has 0 unspecified atom stereocenters. The zero-order valence-electron chi connectivity index (χ0n) is 8.71. The zero-order chi connectivity index (χ0) is 10.9. The fourth-order valence-corrected chi connectivity index (χ4v) is 3.55. The van der Waals surface area contributed by atoms with E-state index in [4.69, 9.17) is 15.0 Å². The number of carbonyl (C=O) groups is 1. The average molecular weight is 204 g/mol. The van der Waals surface area contributed by atoms with Gasteiger partial charge in [0.25, 0.3) is 0 Å². The Bertz CT molecular complexity index is 141. The summed E-state index contributed by atoms with van der Waals surface area (Å²) in [6, 6.07) is 4.09. The Morgan fingerprint density at radius 1 is 1.23 bits per heavy atom. The van der Waals surface area contributed by atoms with Gasteiger partial charge in [-0.15, -0.1) is 12.3 Å². The van der Waals surface area contributed by atoms with Gasteiger partial charge in [0.2, 0.25) is 0 Å². The molecule has 0 atom stereocenters. The first-order valence-corrected chi connectivity index (χ1v) is 7.23. The van der Waals surface area contributed by atoms with Crippen molar-refractivity contribution in [1.29, 1.82) is 0 Å². The van der Waals surface area contributed by atoms with Crippen LogP contribution >= 0.6 is 0 Å². The molecule has 3 nitrogen and oxygen atoms in total. The fraction of sp³-hybridized carbons (Fsp3) is 0.667. The molecule has 0 aliphatic rings. The molecule has 4 heteroatoms. The maximum absolute atomic E-state index is 8.56. The molecule has 78 valence electrons. The van der Waals surface area contributed by atoms with Crippen LogP contribution in [0.25, 0.3) is 0 Å². The summed E-state index contributed by atoms with van der Waals surface area (Å²) < 4.78 is 0. The molecule has 0 radical (unpaired) electrons. The second-order valence-electron chi connectivity index (χ2n) is 2.91. The first kappa shape index (κ1) is 14.7. The van der Waals surface area contributed by atoms with Crippen molar-refractivity contribution in [2.75, 3.05) is 0 Å². The lowest BCUT2D eigenvalue weighted by molar-refractivity contribution is 0.137. The van der Waals surface area contributed by atoms with Crippen LogP contribution in [0.4, 0.5) is 4.79 Å². The van der Waals surface area contributed by atoms with E-state index in [0.717, 1.165) is 0 Å². The molecule has 0 saturated heterocycles. The number of rotatable bonds is 4. The van der Waals surface area contributed by atoms with Crippen molar-refractivity contribution in [3.63, 3.8) is 0 Å². The van der Waals surface area contributed by atoms with Gasteiger partial charge in [0.05, 0.1) is 8.07 Å². The zero-order valence-corrected chi connectivity index (χ0v) is 9.71. The van der Waals surface area contributed by atoms with Crippen LogP contribution in [-0.2, 0) is 0 Å². The molecule has 0 aromatic rings. The van der Waals surface area contributed by atoms with Crippen molar-refractivity contribution in [1.82, 2.24) is 0 Å². The van der Waals surface area contributed by atoms with Gasteiger partial charge in [-0.1, -0.05) is 38.9 Å². The normalized spacial score (nSPS) is 9.77. The first-order valence-electron chi connectivity index (χ1n) is 4.53. The molecule has 0 heterocycles. The van der Waals surface area contributed by atoms with Gasteiger partial charge in [0, 0.05) is 0 Å². The molecule has 0 amide bonds. The highest BCUT2D eigenvalue weighted by Gasteiger charge is 2.21. The fourth-order valence-electron chi connectivity index (χ4n) is 1.18. The van der Waals surface area contributed by atoms with Crippen LogP contribution in [0.1, 0.15) is 20.8 Å². The van der Waals surface area contributed by atoms with E-state index in [2.05, 4.69) is 33.0 Å². The van der Waals surface area contributed by atoms with Crippen molar-refractivity contribution in [3.8, 4) is 0 Å². The lowest BCUT2D eigenvalue weighted by Crippen LogP contribution is -2.27. The van der Waals surface area contributed by atoms with E-state index in [1.165, 1.54) is 18.1 Å². The molecule has 0 saturated carbocycles. The predicted molar refractivity (Wildman–Crippen MR) is 58.0 cm³/mol. The summed E-state index contributed by atoms with van der Waals surface area (Å²) in [6.45, 7) is 10.8. The molecule has 0 fully saturated rings. The van der Waals surface area contributed by atoms with E-state index in [1.54, 1.807) is 0 Å². The summed E-state index contributed by atoms with van der Waals surface area (Å²) in [5.41, 5.74) is 2.24. The molecular formula is C9H20O3Si. The van der Waals surface area contributed by atoms with E-state index in [-0.39, 0.29) is 0 Å². The van der Waals surface area contributed by atoms with Gasteiger partial charge < -0.3 is 10.2 Å². The van der Waals surface area contributed by atoms with Crippen LogP contribution in [0.5, 0.6) is 0 Å². The Balaban J connectivity index is 0. The van der Waals surface area contributed by atoms with Crippen molar-refractivity contribution in [3.05, 3.63) is 12.3 Å². The first-order chi connectivity index (χ1) is 5.97. The van der Waals surface area contributed by atoms with Gasteiger partial charge in [-0.2, -0.15) is 0 Å². The van der Waals surface area contributed by atoms with E-state index in [0.29, 0.717) is 0 Å². The molecule has 0 rings (SSSR count). The molecule has 0 spiro atoms. The SMILES string of the molecule is C=C[Si](CC)(CC)CC.O=C(O)O. The average Bonchev–Trinajstić information content (AvgIpc) is 2.09. The molecule has 0 bridgehead atoms. The van der Waals surface area contributed by atoms with Crippen molar-refractivity contribution < 1.29 is 15.0 Å². The summed E-state index contributed by atoms with van der Waals surface area (Å²) in [6.07, 6.45) is -1.83. The highest BCUT2D eigenvalue weighted by Crippen LogP contribution is 2.20. The Hall–Kier alpha value is -0.773. The highest BCUT2D eigenvalue weighted by molar-refractivity contribution is 6.84. The lowest BCUT2D eigenvalue weighted by atomic mass is 10.9. The Kier molecular flexibility index (Phi) is 8.90. The second-order valence-corrected chi connectivity index (χ2v) is 8.16. The Morgan fingerprint density at radius 2 is 1.46 bits per heavy atom. The third kappa shape index (κ3) is 7.58. The third-order valence-corrected chi connectivity index (χ3v) is 7.64. The minimum Gasteiger partial charge on any atom is -0.450 e. The highest BCUT2D eigenvalue weighted by atomic mass is 28.3. The number of hydrogen-bond acceptors (Lipinski definition) is 1. The summed E-state index contributed by atoms with van der Waals surface area (Å²) in [4.78, 5) is 8.56. The van der Waals surface area contributed by atoms with Gasteiger partial charge in [0.15, 0.2) is 0 Å².